The van der Waals surface area contributed by atoms with Crippen molar-refractivity contribution in [2.75, 3.05) is 7.11 Å². The number of fused-ring (bicyclic) bond motifs is 3. The molecule has 0 aliphatic heterocycles. The molecule has 6 heteroatoms. The van der Waals surface area contributed by atoms with Crippen LogP contribution in [0.4, 0.5) is 0 Å². The van der Waals surface area contributed by atoms with Crippen LogP contribution >= 0.6 is 23.1 Å². The number of nitrogens with one attached hydrogen (secondary N) is 1. The van der Waals surface area contributed by atoms with Gasteiger partial charge >= 0.3 is 0 Å². The number of H-pyrrole nitrogens is 1. The Morgan fingerprint density at radius 1 is 1.28 bits per heavy atom. The molecule has 0 amide bonds. The van der Waals surface area contributed by atoms with Crippen molar-refractivity contribution in [3.05, 3.63) is 56.4 Å². The highest BCUT2D eigenvalue weighted by Crippen LogP contribution is 2.33. The van der Waals surface area contributed by atoms with Crippen LogP contribution in [-0.2, 0) is 24.3 Å². The first-order valence-electron chi connectivity index (χ1n) is 8.48. The number of methoxy groups -OCH3 is 1. The molecule has 1 aromatic carbocycles. The van der Waals surface area contributed by atoms with Gasteiger partial charge in [0.05, 0.1) is 18.2 Å². The lowest BCUT2D eigenvalue weighted by molar-refractivity contribution is 0.414. The minimum absolute atomic E-state index is 0.0291. The second-order valence-corrected chi connectivity index (χ2v) is 8.32. The summed E-state index contributed by atoms with van der Waals surface area (Å²) in [7, 11) is 1.68. The van der Waals surface area contributed by atoms with Gasteiger partial charge in [-0.05, 0) is 48.9 Å². The van der Waals surface area contributed by atoms with Crippen molar-refractivity contribution in [2.45, 2.75) is 37.2 Å². The number of ether oxygens (including phenoxy) is 1. The number of rotatable bonds is 5. The van der Waals surface area contributed by atoms with E-state index in [4.69, 9.17) is 9.72 Å². The molecule has 4 nitrogen and oxygen atoms in total. The Balaban J connectivity index is 1.51. The zero-order valence-corrected chi connectivity index (χ0v) is 15.8. The Labute approximate surface area is 154 Å². The Hall–Kier alpha value is -1.79. The van der Waals surface area contributed by atoms with E-state index in [1.807, 2.05) is 18.2 Å². The summed E-state index contributed by atoms with van der Waals surface area (Å²) in [5, 5.41) is 0.834. The minimum Gasteiger partial charge on any atom is -0.497 e. The minimum atomic E-state index is 0.0291. The molecule has 1 aliphatic rings. The van der Waals surface area contributed by atoms with E-state index in [2.05, 4.69) is 11.1 Å². The normalized spacial score (nSPS) is 13.8. The molecule has 1 aliphatic carbocycles. The summed E-state index contributed by atoms with van der Waals surface area (Å²) >= 11 is 3.45. The molecule has 1 N–H and O–H groups in total. The fourth-order valence-electron chi connectivity index (χ4n) is 3.30. The zero-order chi connectivity index (χ0) is 17.2. The van der Waals surface area contributed by atoms with Crippen LogP contribution in [0.25, 0.3) is 10.2 Å². The molecule has 0 spiro atoms. The summed E-state index contributed by atoms with van der Waals surface area (Å²) in [5.74, 6) is 3.20. The third-order valence-electron chi connectivity index (χ3n) is 4.52. The molecule has 0 saturated heterocycles. The lowest BCUT2D eigenvalue weighted by Crippen LogP contribution is -2.12. The molecule has 2 heterocycles. The number of aromatic nitrogens is 2. The van der Waals surface area contributed by atoms with Gasteiger partial charge in [-0.3, -0.25) is 4.79 Å². The van der Waals surface area contributed by atoms with Crippen molar-refractivity contribution in [1.82, 2.24) is 9.97 Å². The molecule has 130 valence electrons. The molecule has 4 rings (SSSR count). The molecule has 0 atom stereocenters. The first-order valence-corrected chi connectivity index (χ1v) is 10.5. The number of nitrogens with zero attached hydrogens (tertiary/aromatic N) is 1. The van der Waals surface area contributed by atoms with Crippen LogP contribution in [-0.4, -0.2) is 17.1 Å². The van der Waals surface area contributed by atoms with Crippen molar-refractivity contribution in [1.29, 1.82) is 0 Å². The van der Waals surface area contributed by atoms with Gasteiger partial charge in [0.15, 0.2) is 0 Å². The van der Waals surface area contributed by atoms with Crippen molar-refractivity contribution in [3.63, 3.8) is 0 Å². The monoisotopic (exact) mass is 372 g/mol. The van der Waals surface area contributed by atoms with E-state index >= 15 is 0 Å². The number of aryl methyl sites for hydroxylation is 2. The number of benzene rings is 1. The molecule has 0 radical (unpaired) electrons. The fourth-order valence-corrected chi connectivity index (χ4v) is 5.43. The molecule has 0 bridgehead atoms. The van der Waals surface area contributed by atoms with E-state index in [1.54, 1.807) is 30.2 Å². The summed E-state index contributed by atoms with van der Waals surface area (Å²) in [5.41, 5.74) is 2.48. The first-order chi connectivity index (χ1) is 12.2. The summed E-state index contributed by atoms with van der Waals surface area (Å²) in [4.78, 5) is 22.5. The lowest BCUT2D eigenvalue weighted by atomic mass is 9.97. The topological polar surface area (TPSA) is 55.0 Å². The number of thioether (sulfide) groups is 1. The van der Waals surface area contributed by atoms with Crippen molar-refractivity contribution < 1.29 is 4.74 Å². The summed E-state index contributed by atoms with van der Waals surface area (Å²) < 4.78 is 5.26. The van der Waals surface area contributed by atoms with Crippen molar-refractivity contribution in [3.8, 4) is 5.75 Å². The van der Waals surface area contributed by atoms with Gasteiger partial charge < -0.3 is 9.72 Å². The Morgan fingerprint density at radius 2 is 2.16 bits per heavy atom. The second-order valence-electron chi connectivity index (χ2n) is 6.25. The van der Waals surface area contributed by atoms with Crippen LogP contribution < -0.4 is 10.3 Å². The number of aromatic amines is 1. The smallest absolute Gasteiger partial charge is 0.259 e. The standard InChI is InChI=1S/C19H20N2O2S2/c1-23-13-6-4-5-12(9-13)10-24-11-16-20-18(22)17-14-7-2-3-8-15(14)25-19(17)21-16/h4-6,9H,2-3,7-8,10-11H2,1H3,(H,20,21,22). The Kier molecular flexibility index (Phi) is 4.81. The van der Waals surface area contributed by atoms with E-state index < -0.39 is 0 Å². The summed E-state index contributed by atoms with van der Waals surface area (Å²) in [6.45, 7) is 0. The van der Waals surface area contributed by atoms with Crippen LogP contribution in [0.3, 0.4) is 0 Å². The van der Waals surface area contributed by atoms with Crippen LogP contribution in [0, 0.1) is 0 Å². The van der Waals surface area contributed by atoms with Crippen LogP contribution in [0.2, 0.25) is 0 Å². The molecule has 0 saturated carbocycles. The molecule has 0 unspecified atom stereocenters. The van der Waals surface area contributed by atoms with Gasteiger partial charge in [0.25, 0.3) is 5.56 Å². The van der Waals surface area contributed by atoms with Crippen LogP contribution in [0.1, 0.15) is 34.7 Å². The van der Waals surface area contributed by atoms with Gasteiger partial charge in [0.2, 0.25) is 0 Å². The molecule has 0 fully saturated rings. The quantitative estimate of drug-likeness (QED) is 0.725. The van der Waals surface area contributed by atoms with Crippen LogP contribution in [0.15, 0.2) is 29.1 Å². The van der Waals surface area contributed by atoms with Crippen molar-refractivity contribution in [2.24, 2.45) is 0 Å². The van der Waals surface area contributed by atoms with Gasteiger partial charge in [-0.2, -0.15) is 0 Å². The number of hydrogen-bond acceptors (Lipinski definition) is 5. The van der Waals surface area contributed by atoms with Gasteiger partial charge in [0, 0.05) is 10.6 Å². The van der Waals surface area contributed by atoms with Gasteiger partial charge in [0.1, 0.15) is 16.4 Å². The molecular weight excluding hydrogens is 352 g/mol. The lowest BCUT2D eigenvalue weighted by Gasteiger charge is -2.09. The SMILES string of the molecule is COc1cccc(CSCc2nc3sc4c(c3c(=O)[nH]2)CCCC4)c1. The van der Waals surface area contributed by atoms with E-state index in [9.17, 15) is 4.79 Å². The largest absolute Gasteiger partial charge is 0.497 e. The zero-order valence-electron chi connectivity index (χ0n) is 14.1. The highest BCUT2D eigenvalue weighted by Gasteiger charge is 2.19. The molecule has 3 aromatic rings. The average molecular weight is 373 g/mol. The molecule has 25 heavy (non-hydrogen) atoms. The second kappa shape index (κ2) is 7.22. The third-order valence-corrected chi connectivity index (χ3v) is 6.72. The average Bonchev–Trinajstić information content (AvgIpc) is 3.00. The number of hydrogen-bond donors (Lipinski definition) is 1. The highest BCUT2D eigenvalue weighted by molar-refractivity contribution is 7.97. The van der Waals surface area contributed by atoms with Gasteiger partial charge in [-0.15, -0.1) is 23.1 Å². The van der Waals surface area contributed by atoms with Crippen molar-refractivity contribution >= 4 is 33.3 Å². The third kappa shape index (κ3) is 3.46. The Bertz CT molecular complexity index is 962. The highest BCUT2D eigenvalue weighted by atomic mass is 32.2. The maximum Gasteiger partial charge on any atom is 0.259 e. The maximum atomic E-state index is 12.5. The van der Waals surface area contributed by atoms with E-state index in [-0.39, 0.29) is 5.56 Å². The summed E-state index contributed by atoms with van der Waals surface area (Å²) in [6.07, 6.45) is 4.51. The first kappa shape index (κ1) is 16.7. The predicted molar refractivity (Wildman–Crippen MR) is 105 cm³/mol. The summed E-state index contributed by atoms with van der Waals surface area (Å²) in [6, 6.07) is 8.07. The van der Waals surface area contributed by atoms with Gasteiger partial charge in [-0.1, -0.05) is 12.1 Å². The van der Waals surface area contributed by atoms with Gasteiger partial charge in [-0.25, -0.2) is 4.98 Å². The molecule has 2 aromatic heterocycles. The fraction of sp³-hybridized carbons (Fsp3) is 0.368. The Morgan fingerprint density at radius 3 is 3.04 bits per heavy atom. The van der Waals surface area contributed by atoms with E-state index in [0.717, 1.165) is 40.4 Å². The number of thiophene rings is 1. The maximum absolute atomic E-state index is 12.5. The molecular formula is C19H20N2O2S2. The predicted octanol–water partition coefficient (Wildman–Crippen LogP) is 4.31. The van der Waals surface area contributed by atoms with E-state index in [0.29, 0.717) is 5.75 Å². The van der Waals surface area contributed by atoms with Crippen LogP contribution in [0.5, 0.6) is 5.75 Å². The van der Waals surface area contributed by atoms with E-state index in [1.165, 1.54) is 28.8 Å².